The van der Waals surface area contributed by atoms with E-state index >= 15 is 0 Å². The smallest absolute Gasteiger partial charge is 0.263 e. The monoisotopic (exact) mass is 200 g/mol. The summed E-state index contributed by atoms with van der Waals surface area (Å²) in [5, 5.41) is 3.12. The van der Waals surface area contributed by atoms with E-state index in [0.29, 0.717) is 10.9 Å². The van der Waals surface area contributed by atoms with Gasteiger partial charge in [0.05, 0.1) is 11.8 Å². The first kappa shape index (κ1) is 9.94. The van der Waals surface area contributed by atoms with E-state index in [1.807, 2.05) is 0 Å². The van der Waals surface area contributed by atoms with E-state index in [1.165, 1.54) is 0 Å². The van der Waals surface area contributed by atoms with Gasteiger partial charge in [0.25, 0.3) is 6.43 Å². The third-order valence-corrected chi connectivity index (χ3v) is 1.47. The molecule has 0 aliphatic heterocycles. The number of rotatable bonds is 1. The number of aryl methyl sites for hydroxylation is 1. The zero-order valence-electron chi connectivity index (χ0n) is 6.44. The standard InChI is InChI=1S/C6H5F5N2/c1-13-4(6(9,10)11)3(2-12-13)5(7)8/h2,5H,1H3. The molecule has 74 valence electrons. The molecule has 1 aromatic heterocycles. The normalized spacial score (nSPS) is 12.5. The van der Waals surface area contributed by atoms with Gasteiger partial charge in [0.2, 0.25) is 0 Å². The molecule has 0 unspecified atom stereocenters. The van der Waals surface area contributed by atoms with E-state index in [0.717, 1.165) is 7.05 Å². The van der Waals surface area contributed by atoms with Crippen molar-refractivity contribution in [1.82, 2.24) is 9.78 Å². The summed E-state index contributed by atoms with van der Waals surface area (Å²) in [4.78, 5) is 0. The summed E-state index contributed by atoms with van der Waals surface area (Å²) in [5.41, 5.74) is -2.49. The predicted octanol–water partition coefficient (Wildman–Crippen LogP) is 2.38. The Bertz CT molecular complexity index is 300. The first-order valence-electron chi connectivity index (χ1n) is 3.21. The third-order valence-electron chi connectivity index (χ3n) is 1.47. The zero-order valence-corrected chi connectivity index (χ0v) is 6.44. The van der Waals surface area contributed by atoms with Crippen molar-refractivity contribution in [3.63, 3.8) is 0 Å². The third kappa shape index (κ3) is 1.78. The first-order chi connectivity index (χ1) is 5.84. The van der Waals surface area contributed by atoms with Crippen molar-refractivity contribution >= 4 is 0 Å². The molecule has 7 heteroatoms. The van der Waals surface area contributed by atoms with Crippen LogP contribution in [0.5, 0.6) is 0 Å². The summed E-state index contributed by atoms with van der Waals surface area (Å²) in [6.45, 7) is 0. The first-order valence-corrected chi connectivity index (χ1v) is 3.21. The van der Waals surface area contributed by atoms with Crippen molar-refractivity contribution < 1.29 is 22.0 Å². The number of halogens is 5. The number of alkyl halides is 5. The fourth-order valence-corrected chi connectivity index (χ4v) is 0.961. The lowest BCUT2D eigenvalue weighted by Crippen LogP contribution is -2.14. The highest BCUT2D eigenvalue weighted by Gasteiger charge is 2.39. The molecule has 1 aromatic rings. The van der Waals surface area contributed by atoms with E-state index < -0.39 is 23.9 Å². The van der Waals surface area contributed by atoms with E-state index in [-0.39, 0.29) is 0 Å². The Kier molecular flexibility index (Phi) is 2.27. The van der Waals surface area contributed by atoms with E-state index in [2.05, 4.69) is 5.10 Å². The average Bonchev–Trinajstić information content (AvgIpc) is 2.28. The molecule has 13 heavy (non-hydrogen) atoms. The van der Waals surface area contributed by atoms with Crippen LogP contribution in [0.25, 0.3) is 0 Å². The lowest BCUT2D eigenvalue weighted by atomic mass is 10.2. The van der Waals surface area contributed by atoms with Crippen molar-refractivity contribution in [1.29, 1.82) is 0 Å². The minimum Gasteiger partial charge on any atom is -0.263 e. The van der Waals surface area contributed by atoms with Crippen molar-refractivity contribution in [2.24, 2.45) is 7.05 Å². The summed E-state index contributed by atoms with van der Waals surface area (Å²) in [6, 6.07) is 0. The number of nitrogens with zero attached hydrogens (tertiary/aromatic N) is 2. The van der Waals surface area contributed by atoms with Gasteiger partial charge < -0.3 is 0 Å². The second kappa shape index (κ2) is 2.97. The molecular weight excluding hydrogens is 195 g/mol. The lowest BCUT2D eigenvalue weighted by molar-refractivity contribution is -0.145. The SMILES string of the molecule is Cn1ncc(C(F)F)c1C(F)(F)F. The molecule has 0 aliphatic rings. The molecular formula is C6H5F5N2. The Morgan fingerprint density at radius 2 is 1.92 bits per heavy atom. The van der Waals surface area contributed by atoms with Crippen molar-refractivity contribution in [2.75, 3.05) is 0 Å². The molecule has 0 saturated heterocycles. The van der Waals surface area contributed by atoms with Crippen LogP contribution >= 0.6 is 0 Å². The summed E-state index contributed by atoms with van der Waals surface area (Å²) in [7, 11) is 0.967. The van der Waals surface area contributed by atoms with Crippen molar-refractivity contribution in [3.8, 4) is 0 Å². The largest absolute Gasteiger partial charge is 0.433 e. The van der Waals surface area contributed by atoms with Gasteiger partial charge >= 0.3 is 6.18 Å². The molecule has 0 saturated carbocycles. The maximum absolute atomic E-state index is 12.1. The molecule has 0 spiro atoms. The van der Waals surface area contributed by atoms with Crippen molar-refractivity contribution in [3.05, 3.63) is 17.5 Å². The summed E-state index contributed by atoms with van der Waals surface area (Å²) in [6.07, 6.45) is -7.44. The molecule has 0 bridgehead atoms. The van der Waals surface area contributed by atoms with Crippen LogP contribution in [0.2, 0.25) is 0 Å². The fraction of sp³-hybridized carbons (Fsp3) is 0.500. The molecule has 0 N–H and O–H groups in total. The molecule has 0 fully saturated rings. The van der Waals surface area contributed by atoms with Gasteiger partial charge in [-0.25, -0.2) is 8.78 Å². The molecule has 0 aliphatic carbocycles. The number of aromatic nitrogens is 2. The number of hydrogen-bond donors (Lipinski definition) is 0. The van der Waals surface area contributed by atoms with Gasteiger partial charge in [-0.05, 0) is 0 Å². The minimum absolute atomic E-state index is 0.390. The highest BCUT2D eigenvalue weighted by molar-refractivity contribution is 5.21. The maximum Gasteiger partial charge on any atom is 0.433 e. The summed E-state index contributed by atoms with van der Waals surface area (Å²) in [5.74, 6) is 0. The Morgan fingerprint density at radius 3 is 2.23 bits per heavy atom. The van der Waals surface area contributed by atoms with Crippen LogP contribution in [0.4, 0.5) is 22.0 Å². The molecule has 1 heterocycles. The van der Waals surface area contributed by atoms with Gasteiger partial charge in [0, 0.05) is 7.05 Å². The van der Waals surface area contributed by atoms with E-state index in [1.54, 1.807) is 0 Å². The summed E-state index contributed by atoms with van der Waals surface area (Å²) >= 11 is 0. The van der Waals surface area contributed by atoms with Gasteiger partial charge in [0.1, 0.15) is 0 Å². The molecule has 0 atom stereocenters. The Hall–Kier alpha value is -1.14. The molecule has 0 amide bonds. The Labute approximate surface area is 70.0 Å². The molecule has 0 aromatic carbocycles. The van der Waals surface area contributed by atoms with Crippen LogP contribution in [0, 0.1) is 0 Å². The quantitative estimate of drug-likeness (QED) is 0.636. The molecule has 2 nitrogen and oxygen atoms in total. The van der Waals surface area contributed by atoms with Gasteiger partial charge in [-0.3, -0.25) is 4.68 Å². The Morgan fingerprint density at radius 1 is 1.38 bits per heavy atom. The van der Waals surface area contributed by atoms with Gasteiger partial charge in [-0.2, -0.15) is 18.3 Å². The second-order valence-electron chi connectivity index (χ2n) is 2.37. The molecule has 1 rings (SSSR count). The maximum atomic E-state index is 12.1. The highest BCUT2D eigenvalue weighted by atomic mass is 19.4. The second-order valence-corrected chi connectivity index (χ2v) is 2.37. The van der Waals surface area contributed by atoms with Gasteiger partial charge in [-0.1, -0.05) is 0 Å². The zero-order chi connectivity index (χ0) is 10.2. The Balaban J connectivity index is 3.25. The van der Waals surface area contributed by atoms with Crippen LogP contribution in [0.15, 0.2) is 6.20 Å². The topological polar surface area (TPSA) is 17.8 Å². The average molecular weight is 200 g/mol. The van der Waals surface area contributed by atoms with Crippen LogP contribution in [0.3, 0.4) is 0 Å². The van der Waals surface area contributed by atoms with Crippen LogP contribution in [0.1, 0.15) is 17.7 Å². The predicted molar refractivity (Wildman–Crippen MR) is 33.2 cm³/mol. The lowest BCUT2D eigenvalue weighted by Gasteiger charge is -2.08. The minimum atomic E-state index is -4.79. The summed E-state index contributed by atoms with van der Waals surface area (Å²) < 4.78 is 60.8. The van der Waals surface area contributed by atoms with Gasteiger partial charge in [0.15, 0.2) is 5.69 Å². The van der Waals surface area contributed by atoms with E-state index in [4.69, 9.17) is 0 Å². The molecule has 0 radical (unpaired) electrons. The number of hydrogen-bond acceptors (Lipinski definition) is 1. The van der Waals surface area contributed by atoms with Crippen LogP contribution in [-0.2, 0) is 13.2 Å². The highest BCUT2D eigenvalue weighted by Crippen LogP contribution is 2.35. The van der Waals surface area contributed by atoms with Crippen molar-refractivity contribution in [2.45, 2.75) is 12.6 Å². The van der Waals surface area contributed by atoms with Crippen LogP contribution in [-0.4, -0.2) is 9.78 Å². The fourth-order valence-electron chi connectivity index (χ4n) is 0.961. The van der Waals surface area contributed by atoms with Crippen LogP contribution < -0.4 is 0 Å². The van der Waals surface area contributed by atoms with Gasteiger partial charge in [-0.15, -0.1) is 0 Å². The van der Waals surface area contributed by atoms with E-state index in [9.17, 15) is 22.0 Å².